The summed E-state index contributed by atoms with van der Waals surface area (Å²) in [6.45, 7) is 2.87. The predicted octanol–water partition coefficient (Wildman–Crippen LogP) is 1.95. The molecular weight excluding hydrogens is 238 g/mol. The lowest BCUT2D eigenvalue weighted by molar-refractivity contribution is 0.0767. The maximum Gasteiger partial charge on any atom is 0.157 e. The number of aryl methyl sites for hydroxylation is 2. The third-order valence-corrected chi connectivity index (χ3v) is 4.49. The van der Waals surface area contributed by atoms with Gasteiger partial charge in [-0.3, -0.25) is 0 Å². The van der Waals surface area contributed by atoms with Gasteiger partial charge in [0, 0.05) is 18.5 Å². The Labute approximate surface area is 114 Å². The molecule has 0 radical (unpaired) electrons. The summed E-state index contributed by atoms with van der Waals surface area (Å²) in [6.07, 6.45) is 5.81. The Morgan fingerprint density at radius 3 is 2.74 bits per heavy atom. The lowest BCUT2D eigenvalue weighted by Gasteiger charge is -2.25. The first kappa shape index (κ1) is 13.0. The molecule has 0 aromatic carbocycles. The van der Waals surface area contributed by atoms with Crippen LogP contribution in [0.3, 0.4) is 0 Å². The van der Waals surface area contributed by atoms with E-state index in [-0.39, 0.29) is 6.10 Å². The van der Waals surface area contributed by atoms with Gasteiger partial charge in [-0.2, -0.15) is 0 Å². The van der Waals surface area contributed by atoms with E-state index in [4.69, 9.17) is 20.4 Å². The Balaban J connectivity index is 1.91. The molecule has 1 aromatic heterocycles. The summed E-state index contributed by atoms with van der Waals surface area (Å²) < 4.78 is 5.60. The number of fused-ring (bicyclic) bond motifs is 1. The Morgan fingerprint density at radius 2 is 2.11 bits per heavy atom. The van der Waals surface area contributed by atoms with Gasteiger partial charge in [-0.1, -0.05) is 0 Å². The lowest BCUT2D eigenvalue weighted by Crippen LogP contribution is -2.25. The van der Waals surface area contributed by atoms with Crippen LogP contribution >= 0.6 is 0 Å². The van der Waals surface area contributed by atoms with Gasteiger partial charge in [0.05, 0.1) is 0 Å². The molecule has 0 saturated heterocycles. The van der Waals surface area contributed by atoms with Crippen molar-refractivity contribution in [2.24, 2.45) is 17.6 Å². The molecule has 2 atom stereocenters. The van der Waals surface area contributed by atoms with Gasteiger partial charge in [0.1, 0.15) is 6.10 Å². The van der Waals surface area contributed by atoms with E-state index in [1.807, 2.05) is 0 Å². The highest BCUT2D eigenvalue weighted by molar-refractivity contribution is 5.29. The van der Waals surface area contributed by atoms with E-state index in [0.717, 1.165) is 37.3 Å². The number of ether oxygens (including phenoxy) is 1. The van der Waals surface area contributed by atoms with Crippen molar-refractivity contribution in [2.45, 2.75) is 45.1 Å². The van der Waals surface area contributed by atoms with Gasteiger partial charge in [-0.05, 0) is 63.0 Å². The van der Waals surface area contributed by atoms with Crippen LogP contribution in [0.1, 0.15) is 48.1 Å². The Bertz CT molecular complexity index is 471. The van der Waals surface area contributed by atoms with E-state index >= 15 is 0 Å². The molecule has 1 fully saturated rings. The first-order valence-electron chi connectivity index (χ1n) is 7.32. The molecule has 2 aliphatic rings. The molecule has 1 heterocycles. The van der Waals surface area contributed by atoms with Crippen LogP contribution in [0, 0.1) is 18.8 Å². The minimum Gasteiger partial charge on any atom is -0.373 e. The molecule has 0 bridgehead atoms. The topological polar surface area (TPSA) is 61.0 Å². The van der Waals surface area contributed by atoms with Crippen LogP contribution in [-0.2, 0) is 17.6 Å². The summed E-state index contributed by atoms with van der Waals surface area (Å²) in [5.74, 6) is 2.12. The van der Waals surface area contributed by atoms with E-state index in [1.165, 1.54) is 24.1 Å². The molecular formula is C15H23N3O. The first-order valence-corrected chi connectivity index (χ1v) is 7.32. The van der Waals surface area contributed by atoms with Crippen LogP contribution in [0.2, 0.25) is 0 Å². The van der Waals surface area contributed by atoms with Gasteiger partial charge in [-0.25, -0.2) is 9.97 Å². The number of nitrogens with zero attached hydrogens (tertiary/aromatic N) is 2. The number of hydrogen-bond donors (Lipinski definition) is 1. The first-order chi connectivity index (χ1) is 9.22. The molecule has 2 aliphatic carbocycles. The van der Waals surface area contributed by atoms with Crippen molar-refractivity contribution in [1.82, 2.24) is 9.97 Å². The van der Waals surface area contributed by atoms with Gasteiger partial charge < -0.3 is 10.5 Å². The third kappa shape index (κ3) is 2.51. The molecule has 2 N–H and O–H groups in total. The van der Waals surface area contributed by atoms with Gasteiger partial charge in [0.15, 0.2) is 5.82 Å². The maximum atomic E-state index is 5.80. The maximum absolute atomic E-state index is 5.80. The SMILES string of the molecule is COC(c1nc(C)c2c(n1)CCC(CN)C2)C1CC1. The van der Waals surface area contributed by atoms with Crippen molar-refractivity contribution in [3.8, 4) is 0 Å². The van der Waals surface area contributed by atoms with E-state index in [0.29, 0.717) is 11.8 Å². The van der Waals surface area contributed by atoms with Crippen molar-refractivity contribution in [1.29, 1.82) is 0 Å². The van der Waals surface area contributed by atoms with Crippen molar-refractivity contribution in [3.05, 3.63) is 22.8 Å². The normalized spacial score (nSPS) is 24.1. The fourth-order valence-electron chi connectivity index (χ4n) is 3.12. The van der Waals surface area contributed by atoms with Gasteiger partial charge in [0.25, 0.3) is 0 Å². The zero-order valence-electron chi connectivity index (χ0n) is 11.9. The second-order valence-corrected chi connectivity index (χ2v) is 5.93. The van der Waals surface area contributed by atoms with E-state index in [9.17, 15) is 0 Å². The monoisotopic (exact) mass is 261 g/mol. The minimum atomic E-state index is 0.0937. The van der Waals surface area contributed by atoms with Crippen molar-refractivity contribution >= 4 is 0 Å². The van der Waals surface area contributed by atoms with Crippen molar-refractivity contribution in [3.63, 3.8) is 0 Å². The molecule has 0 aliphatic heterocycles. The van der Waals surface area contributed by atoms with Crippen LogP contribution in [0.4, 0.5) is 0 Å². The number of rotatable bonds is 4. The smallest absolute Gasteiger partial charge is 0.157 e. The van der Waals surface area contributed by atoms with Crippen molar-refractivity contribution in [2.75, 3.05) is 13.7 Å². The van der Waals surface area contributed by atoms with Crippen molar-refractivity contribution < 1.29 is 4.74 Å². The summed E-state index contributed by atoms with van der Waals surface area (Å²) in [5.41, 5.74) is 9.48. The standard InChI is InChI=1S/C15H23N3O/c1-9-12-7-10(8-16)3-6-13(12)18-15(17-9)14(19-2)11-4-5-11/h10-11,14H,3-8,16H2,1-2H3. The fraction of sp³-hybridized carbons (Fsp3) is 0.733. The Kier molecular flexibility index (Phi) is 3.54. The van der Waals surface area contributed by atoms with Gasteiger partial charge in [0.2, 0.25) is 0 Å². The van der Waals surface area contributed by atoms with Crippen LogP contribution in [0.5, 0.6) is 0 Å². The number of aromatic nitrogens is 2. The summed E-state index contributed by atoms with van der Waals surface area (Å²) in [6, 6.07) is 0. The van der Waals surface area contributed by atoms with Gasteiger partial charge >= 0.3 is 0 Å². The summed E-state index contributed by atoms with van der Waals surface area (Å²) in [5, 5.41) is 0. The predicted molar refractivity (Wildman–Crippen MR) is 73.8 cm³/mol. The molecule has 1 saturated carbocycles. The zero-order valence-corrected chi connectivity index (χ0v) is 11.9. The quantitative estimate of drug-likeness (QED) is 0.900. The van der Waals surface area contributed by atoms with Crippen LogP contribution in [0.15, 0.2) is 0 Å². The van der Waals surface area contributed by atoms with E-state index < -0.39 is 0 Å². The lowest BCUT2D eigenvalue weighted by atomic mass is 9.86. The third-order valence-electron chi connectivity index (χ3n) is 4.49. The average molecular weight is 261 g/mol. The van der Waals surface area contributed by atoms with Gasteiger partial charge in [-0.15, -0.1) is 0 Å². The minimum absolute atomic E-state index is 0.0937. The highest BCUT2D eigenvalue weighted by Crippen LogP contribution is 2.42. The zero-order chi connectivity index (χ0) is 13.4. The number of hydrogen-bond acceptors (Lipinski definition) is 4. The summed E-state index contributed by atoms with van der Waals surface area (Å²) in [4.78, 5) is 9.51. The molecule has 1 aromatic rings. The summed E-state index contributed by atoms with van der Waals surface area (Å²) >= 11 is 0. The highest BCUT2D eigenvalue weighted by atomic mass is 16.5. The second-order valence-electron chi connectivity index (χ2n) is 5.93. The summed E-state index contributed by atoms with van der Waals surface area (Å²) in [7, 11) is 1.77. The molecule has 104 valence electrons. The molecule has 4 heteroatoms. The largest absolute Gasteiger partial charge is 0.373 e. The van der Waals surface area contributed by atoms with Crippen LogP contribution < -0.4 is 5.73 Å². The highest BCUT2D eigenvalue weighted by Gasteiger charge is 2.35. The fourth-order valence-corrected chi connectivity index (χ4v) is 3.12. The second kappa shape index (κ2) is 5.17. The molecule has 0 spiro atoms. The van der Waals surface area contributed by atoms with E-state index in [2.05, 4.69) is 6.92 Å². The Hall–Kier alpha value is -1.00. The van der Waals surface area contributed by atoms with E-state index in [1.54, 1.807) is 7.11 Å². The molecule has 3 rings (SSSR count). The Morgan fingerprint density at radius 1 is 1.32 bits per heavy atom. The van der Waals surface area contributed by atoms with Crippen LogP contribution in [0.25, 0.3) is 0 Å². The molecule has 2 unspecified atom stereocenters. The van der Waals surface area contributed by atoms with Crippen LogP contribution in [-0.4, -0.2) is 23.6 Å². The number of nitrogens with two attached hydrogens (primary N) is 1. The molecule has 0 amide bonds. The number of methoxy groups -OCH3 is 1. The average Bonchev–Trinajstić information content (AvgIpc) is 3.24. The molecule has 4 nitrogen and oxygen atoms in total. The molecule has 19 heavy (non-hydrogen) atoms.